The Kier molecular flexibility index (Phi) is 5.44. The van der Waals surface area contributed by atoms with E-state index in [9.17, 15) is 24.1 Å². The minimum atomic E-state index is -0.744. The average molecular weight is 400 g/mol. The molecule has 0 aliphatic rings. The number of anilines is 1. The number of nitrogens with one attached hydrogen (secondary N) is 1. The van der Waals surface area contributed by atoms with Gasteiger partial charge < -0.3 is 10.1 Å². The van der Waals surface area contributed by atoms with Crippen LogP contribution in [0.3, 0.4) is 0 Å². The van der Waals surface area contributed by atoms with Gasteiger partial charge in [0, 0.05) is 19.2 Å². The summed E-state index contributed by atoms with van der Waals surface area (Å²) < 4.78 is 21.4. The Morgan fingerprint density at radius 3 is 2.59 bits per heavy atom. The second kappa shape index (κ2) is 7.97. The quantitative estimate of drug-likeness (QED) is 0.505. The van der Waals surface area contributed by atoms with Crippen molar-refractivity contribution in [2.75, 3.05) is 11.9 Å². The number of aromatic nitrogens is 2. The van der Waals surface area contributed by atoms with Crippen molar-refractivity contribution in [2.45, 2.75) is 6.92 Å². The monoisotopic (exact) mass is 400 g/mol. The summed E-state index contributed by atoms with van der Waals surface area (Å²) in [5.74, 6) is -1.83. The molecule has 0 bridgehead atoms. The van der Waals surface area contributed by atoms with Crippen LogP contribution >= 0.6 is 0 Å². The van der Waals surface area contributed by atoms with Crippen LogP contribution in [0.25, 0.3) is 5.69 Å². The summed E-state index contributed by atoms with van der Waals surface area (Å²) in [5.41, 5.74) is 0.265. The Bertz CT molecular complexity index is 1140. The Morgan fingerprint density at radius 1 is 1.24 bits per heavy atom. The topological polar surface area (TPSA) is 108 Å². The van der Waals surface area contributed by atoms with Crippen molar-refractivity contribution in [1.82, 2.24) is 9.36 Å². The molecule has 10 heteroatoms. The predicted molar refractivity (Wildman–Crippen MR) is 103 cm³/mol. The van der Waals surface area contributed by atoms with E-state index < -0.39 is 34.5 Å². The third-order valence-corrected chi connectivity index (χ3v) is 4.30. The lowest BCUT2D eigenvalue weighted by Gasteiger charge is -2.07. The van der Waals surface area contributed by atoms with Crippen LogP contribution in [0.1, 0.15) is 5.69 Å². The van der Waals surface area contributed by atoms with Gasteiger partial charge in [0.25, 0.3) is 11.5 Å². The highest BCUT2D eigenvalue weighted by molar-refractivity contribution is 5.92. The second-order valence-electron chi connectivity index (χ2n) is 6.14. The van der Waals surface area contributed by atoms with Crippen molar-refractivity contribution in [1.29, 1.82) is 0 Å². The molecule has 0 fully saturated rings. The molecule has 0 aliphatic heterocycles. The molecule has 0 aliphatic carbocycles. The number of ether oxygens (including phenoxy) is 1. The minimum Gasteiger partial charge on any atom is -0.477 e. The van der Waals surface area contributed by atoms with Gasteiger partial charge in [-0.05, 0) is 25.1 Å². The highest BCUT2D eigenvalue weighted by atomic mass is 19.1. The van der Waals surface area contributed by atoms with Crippen molar-refractivity contribution in [2.24, 2.45) is 7.05 Å². The number of amides is 1. The van der Waals surface area contributed by atoms with E-state index in [1.165, 1.54) is 4.68 Å². The maximum atomic E-state index is 13.3. The number of carbonyl (C=O) groups excluding carboxylic acids is 1. The van der Waals surface area contributed by atoms with E-state index in [1.54, 1.807) is 42.9 Å². The molecule has 3 aromatic rings. The predicted octanol–water partition coefficient (Wildman–Crippen LogP) is 2.55. The first-order valence-electron chi connectivity index (χ1n) is 8.50. The van der Waals surface area contributed by atoms with Gasteiger partial charge in [-0.2, -0.15) is 0 Å². The van der Waals surface area contributed by atoms with Gasteiger partial charge in [-0.25, -0.2) is 9.07 Å². The number of halogens is 1. The molecule has 2 aromatic carbocycles. The van der Waals surface area contributed by atoms with Gasteiger partial charge in [0.1, 0.15) is 11.5 Å². The van der Waals surface area contributed by atoms with Crippen LogP contribution in [0.4, 0.5) is 15.8 Å². The molecule has 9 nitrogen and oxygen atoms in total. The molecule has 0 saturated carbocycles. The van der Waals surface area contributed by atoms with E-state index >= 15 is 0 Å². The zero-order chi connectivity index (χ0) is 21.1. The van der Waals surface area contributed by atoms with E-state index in [2.05, 4.69) is 5.32 Å². The summed E-state index contributed by atoms with van der Waals surface area (Å²) in [6.45, 7) is 1.03. The molecule has 0 atom stereocenters. The van der Waals surface area contributed by atoms with E-state index in [4.69, 9.17) is 4.74 Å². The molecule has 150 valence electrons. The van der Waals surface area contributed by atoms with E-state index in [0.717, 1.165) is 18.2 Å². The first kappa shape index (κ1) is 19.8. The van der Waals surface area contributed by atoms with Crippen LogP contribution < -0.4 is 15.6 Å². The van der Waals surface area contributed by atoms with E-state index in [-0.39, 0.29) is 11.4 Å². The van der Waals surface area contributed by atoms with E-state index in [1.807, 2.05) is 6.07 Å². The number of carbonyl (C=O) groups is 1. The summed E-state index contributed by atoms with van der Waals surface area (Å²) >= 11 is 0. The highest BCUT2D eigenvalue weighted by Crippen LogP contribution is 2.27. The number of para-hydroxylation sites is 1. The van der Waals surface area contributed by atoms with Gasteiger partial charge >= 0.3 is 5.69 Å². The summed E-state index contributed by atoms with van der Waals surface area (Å²) in [6, 6.07) is 11.6. The van der Waals surface area contributed by atoms with Crippen LogP contribution in [0.15, 0.2) is 53.3 Å². The zero-order valence-corrected chi connectivity index (χ0v) is 15.6. The van der Waals surface area contributed by atoms with Crippen molar-refractivity contribution >= 4 is 17.3 Å². The summed E-state index contributed by atoms with van der Waals surface area (Å²) in [7, 11) is 1.67. The Hall–Kier alpha value is -3.95. The van der Waals surface area contributed by atoms with Gasteiger partial charge in [-0.3, -0.25) is 24.4 Å². The lowest BCUT2D eigenvalue weighted by molar-refractivity contribution is -0.385. The normalized spacial score (nSPS) is 10.6. The molecule has 0 spiro atoms. The number of nitrogens with zero attached hydrogens (tertiary/aromatic N) is 3. The first-order valence-corrected chi connectivity index (χ1v) is 8.50. The molecule has 0 unspecified atom stereocenters. The standard InChI is InChI=1S/C19H17FN4O5/c1-12-18(19(26)23(22(12)2)14-6-4-3-5-7-14)21-17(25)11-29-16-10-13(20)8-9-15(16)24(27)28/h3-10H,11H2,1-2H3,(H,21,25). The average Bonchev–Trinajstić information content (AvgIpc) is 2.90. The third kappa shape index (κ3) is 4.00. The second-order valence-corrected chi connectivity index (χ2v) is 6.14. The number of hydrogen-bond acceptors (Lipinski definition) is 5. The number of hydrogen-bond donors (Lipinski definition) is 1. The number of nitro groups is 1. The van der Waals surface area contributed by atoms with Crippen LogP contribution in [-0.2, 0) is 11.8 Å². The van der Waals surface area contributed by atoms with Crippen LogP contribution in [0, 0.1) is 22.9 Å². The van der Waals surface area contributed by atoms with Crippen molar-refractivity contribution < 1.29 is 18.8 Å². The largest absolute Gasteiger partial charge is 0.477 e. The maximum absolute atomic E-state index is 13.3. The fraction of sp³-hybridized carbons (Fsp3) is 0.158. The fourth-order valence-electron chi connectivity index (χ4n) is 2.79. The van der Waals surface area contributed by atoms with Crippen molar-refractivity contribution in [3.05, 3.63) is 80.5 Å². The number of rotatable bonds is 6. The van der Waals surface area contributed by atoms with Crippen LogP contribution in [0.2, 0.25) is 0 Å². The summed E-state index contributed by atoms with van der Waals surface area (Å²) in [4.78, 5) is 35.3. The van der Waals surface area contributed by atoms with Gasteiger partial charge in [0.15, 0.2) is 6.61 Å². The fourth-order valence-corrected chi connectivity index (χ4v) is 2.79. The molecule has 1 amide bonds. The molecule has 29 heavy (non-hydrogen) atoms. The third-order valence-electron chi connectivity index (χ3n) is 4.30. The Labute approximate surface area is 164 Å². The van der Waals surface area contributed by atoms with Crippen molar-refractivity contribution in [3.63, 3.8) is 0 Å². The highest BCUT2D eigenvalue weighted by Gasteiger charge is 2.20. The molecule has 0 radical (unpaired) electrons. The summed E-state index contributed by atoms with van der Waals surface area (Å²) in [5, 5.41) is 13.5. The smallest absolute Gasteiger partial charge is 0.311 e. The van der Waals surface area contributed by atoms with Gasteiger partial charge in [0.2, 0.25) is 5.75 Å². The first-order chi connectivity index (χ1) is 13.8. The zero-order valence-electron chi connectivity index (χ0n) is 15.6. The van der Waals surface area contributed by atoms with Crippen molar-refractivity contribution in [3.8, 4) is 11.4 Å². The minimum absolute atomic E-state index is 0.0543. The molecule has 0 saturated heterocycles. The van der Waals surface area contributed by atoms with Gasteiger partial charge in [-0.1, -0.05) is 18.2 Å². The summed E-state index contributed by atoms with van der Waals surface area (Å²) in [6.07, 6.45) is 0. The van der Waals surface area contributed by atoms with Crippen LogP contribution in [-0.4, -0.2) is 26.8 Å². The van der Waals surface area contributed by atoms with Crippen LogP contribution in [0.5, 0.6) is 5.75 Å². The molecule has 3 rings (SSSR count). The lowest BCUT2D eigenvalue weighted by atomic mass is 10.3. The van der Waals surface area contributed by atoms with E-state index in [0.29, 0.717) is 11.4 Å². The van der Waals surface area contributed by atoms with Gasteiger partial charge in [-0.15, -0.1) is 0 Å². The SMILES string of the molecule is Cc1c(NC(=O)COc2cc(F)ccc2[N+](=O)[O-])c(=O)n(-c2ccccc2)n1C. The molecule has 1 aromatic heterocycles. The lowest BCUT2D eigenvalue weighted by Crippen LogP contribution is -2.25. The molecule has 1 heterocycles. The number of nitro benzene ring substituents is 1. The van der Waals surface area contributed by atoms with Gasteiger partial charge in [0.05, 0.1) is 16.3 Å². The Balaban J connectivity index is 1.80. The molecular weight excluding hydrogens is 383 g/mol. The molecule has 1 N–H and O–H groups in total. The molecular formula is C19H17FN4O5. The number of benzene rings is 2. The maximum Gasteiger partial charge on any atom is 0.311 e. The Morgan fingerprint density at radius 2 is 1.93 bits per heavy atom.